The van der Waals surface area contributed by atoms with Gasteiger partial charge in [-0.3, -0.25) is 14.3 Å². The summed E-state index contributed by atoms with van der Waals surface area (Å²) in [5.74, 6) is 1.33. The Morgan fingerprint density at radius 2 is 1.68 bits per heavy atom. The molecule has 0 radical (unpaired) electrons. The van der Waals surface area contributed by atoms with Crippen molar-refractivity contribution in [3.05, 3.63) is 69.7 Å². The minimum Gasteiger partial charge on any atom is -0.495 e. The number of hydrogen-bond donors (Lipinski definition) is 1. The van der Waals surface area contributed by atoms with Crippen LogP contribution in [-0.4, -0.2) is 66.7 Å². The molecule has 0 bridgehead atoms. The maximum Gasteiger partial charge on any atom is 0.271 e. The first-order chi connectivity index (χ1) is 16.9. The molecule has 11 heteroatoms. The molecule has 4 rings (SSSR count). The van der Waals surface area contributed by atoms with Crippen molar-refractivity contribution in [3.63, 3.8) is 0 Å². The zero-order valence-corrected chi connectivity index (χ0v) is 24.3. The Balaban J connectivity index is 0.00000241. The van der Waals surface area contributed by atoms with E-state index < -0.39 is 0 Å². The third-order valence-electron chi connectivity index (χ3n) is 6.40. The smallest absolute Gasteiger partial charge is 0.271 e. The largest absolute Gasteiger partial charge is 0.495 e. The number of nitrogens with one attached hydrogen (secondary N) is 1. The number of imidazole rings is 1. The number of carbonyl (C=O) groups is 1. The van der Waals surface area contributed by atoms with Crippen molar-refractivity contribution in [3.8, 4) is 11.4 Å². The van der Waals surface area contributed by atoms with Crippen LogP contribution in [0.3, 0.4) is 0 Å². The highest BCUT2D eigenvalue weighted by molar-refractivity contribution is 6.43. The Labute approximate surface area is 240 Å². The summed E-state index contributed by atoms with van der Waals surface area (Å²) in [4.78, 5) is 22.1. The molecule has 1 aromatic heterocycles. The molecule has 1 aliphatic rings. The third-order valence-corrected chi connectivity index (χ3v) is 7.21. The monoisotopic (exact) mass is 587 g/mol. The number of carbonyl (C=O) groups excluding carboxylic acids is 1. The fraction of sp³-hybridized carbons (Fsp3) is 0.385. The van der Waals surface area contributed by atoms with Crippen LogP contribution in [0.1, 0.15) is 28.4 Å². The summed E-state index contributed by atoms with van der Waals surface area (Å²) < 4.78 is 7.45. The molecule has 3 aromatic rings. The number of halogens is 4. The van der Waals surface area contributed by atoms with Crippen LogP contribution in [0, 0.1) is 13.8 Å². The lowest BCUT2D eigenvalue weighted by Gasteiger charge is -2.36. The van der Waals surface area contributed by atoms with E-state index in [0.717, 1.165) is 67.8 Å². The summed E-state index contributed by atoms with van der Waals surface area (Å²) in [5, 5.41) is 4.23. The lowest BCUT2D eigenvalue weighted by molar-refractivity contribution is 0.0946. The second-order valence-corrected chi connectivity index (χ2v) is 9.40. The fourth-order valence-corrected chi connectivity index (χ4v) is 4.98. The average molecular weight is 589 g/mol. The lowest BCUT2D eigenvalue weighted by atomic mass is 10.2. The Morgan fingerprint density at radius 1 is 1.00 bits per heavy atom. The Morgan fingerprint density at radius 3 is 2.38 bits per heavy atom. The molecule has 0 atom stereocenters. The van der Waals surface area contributed by atoms with Gasteiger partial charge in [0.2, 0.25) is 0 Å². The predicted octanol–water partition coefficient (Wildman–Crippen LogP) is 5.59. The average Bonchev–Trinajstić information content (AvgIpc) is 3.17. The lowest BCUT2D eigenvalue weighted by Crippen LogP contribution is -2.47. The van der Waals surface area contributed by atoms with Gasteiger partial charge in [0.1, 0.15) is 17.3 Å². The van der Waals surface area contributed by atoms with E-state index in [1.165, 1.54) is 0 Å². The van der Waals surface area contributed by atoms with Crippen molar-refractivity contribution < 1.29 is 9.53 Å². The summed E-state index contributed by atoms with van der Waals surface area (Å²) in [7, 11) is 1.64. The molecule has 0 saturated carbocycles. The maximum atomic E-state index is 12.9. The van der Waals surface area contributed by atoms with E-state index in [9.17, 15) is 4.79 Å². The molecule has 1 fully saturated rings. The summed E-state index contributed by atoms with van der Waals surface area (Å²) in [6.07, 6.45) is 0.870. The number of nitrogens with zero attached hydrogens (tertiary/aromatic N) is 4. The Kier molecular flexibility index (Phi) is 11.9. The first-order valence-corrected chi connectivity index (χ1v) is 12.5. The van der Waals surface area contributed by atoms with E-state index >= 15 is 0 Å². The van der Waals surface area contributed by atoms with Gasteiger partial charge in [-0.1, -0.05) is 41.4 Å². The van der Waals surface area contributed by atoms with Crippen molar-refractivity contribution in [1.29, 1.82) is 0 Å². The molecule has 1 amide bonds. The third kappa shape index (κ3) is 7.03. The number of ether oxygens (including phenoxy) is 1. The number of para-hydroxylation sites is 2. The molecule has 2 heterocycles. The highest BCUT2D eigenvalue weighted by atomic mass is 35.5. The SMILES string of the molecule is COc1ccccc1-n1c(C)nc(C(=O)NCCCN2CCN(c3cccc(Cl)c3Cl)CC2)c1C.Cl.Cl. The van der Waals surface area contributed by atoms with Gasteiger partial charge in [-0.2, -0.15) is 0 Å². The number of hydrogen-bond acceptors (Lipinski definition) is 5. The molecule has 37 heavy (non-hydrogen) atoms. The predicted molar refractivity (Wildman–Crippen MR) is 156 cm³/mol. The van der Waals surface area contributed by atoms with Crippen molar-refractivity contribution in [2.24, 2.45) is 0 Å². The first kappa shape index (κ1) is 31.1. The molecule has 1 aliphatic heterocycles. The highest BCUT2D eigenvalue weighted by Gasteiger charge is 2.21. The number of methoxy groups -OCH3 is 1. The standard InChI is InChI=1S/C26H31Cl2N5O2.2ClH/c1-18-25(30-19(2)33(18)21-9-4-5-11-23(21)35-3)26(34)29-12-7-13-31-14-16-32(17-15-31)22-10-6-8-20(27)24(22)28;;/h4-6,8-11H,7,12-17H2,1-3H3,(H,29,34);2*1H. The molecule has 1 saturated heterocycles. The minimum absolute atomic E-state index is 0. The van der Waals surface area contributed by atoms with E-state index in [0.29, 0.717) is 22.3 Å². The first-order valence-electron chi connectivity index (χ1n) is 11.8. The number of rotatable bonds is 8. The molecular formula is C26H33Cl4N5O2. The van der Waals surface area contributed by atoms with Crippen LogP contribution in [0.25, 0.3) is 5.69 Å². The van der Waals surface area contributed by atoms with Gasteiger partial charge in [0, 0.05) is 32.7 Å². The second kappa shape index (κ2) is 14.1. The Hall–Kier alpha value is -2.16. The minimum atomic E-state index is -0.153. The van der Waals surface area contributed by atoms with Crippen LogP contribution in [0.15, 0.2) is 42.5 Å². The van der Waals surface area contributed by atoms with Gasteiger partial charge in [0.25, 0.3) is 5.91 Å². The van der Waals surface area contributed by atoms with Crippen LogP contribution in [0.5, 0.6) is 5.75 Å². The quantitative estimate of drug-likeness (QED) is 0.348. The summed E-state index contributed by atoms with van der Waals surface area (Å²) in [5.41, 5.74) is 3.10. The van der Waals surface area contributed by atoms with E-state index in [1.807, 2.05) is 60.9 Å². The Bertz CT molecular complexity index is 1200. The molecular weight excluding hydrogens is 556 g/mol. The van der Waals surface area contributed by atoms with Crippen LogP contribution in [-0.2, 0) is 0 Å². The number of benzene rings is 2. The zero-order valence-electron chi connectivity index (χ0n) is 21.2. The van der Waals surface area contributed by atoms with E-state index in [4.69, 9.17) is 27.9 Å². The number of anilines is 1. The van der Waals surface area contributed by atoms with Gasteiger partial charge in [0.05, 0.1) is 34.2 Å². The van der Waals surface area contributed by atoms with Crippen LogP contribution in [0.4, 0.5) is 5.69 Å². The van der Waals surface area contributed by atoms with Crippen molar-refractivity contribution in [2.45, 2.75) is 20.3 Å². The molecule has 7 nitrogen and oxygen atoms in total. The van der Waals surface area contributed by atoms with Crippen LogP contribution in [0.2, 0.25) is 10.0 Å². The van der Waals surface area contributed by atoms with Gasteiger partial charge >= 0.3 is 0 Å². The van der Waals surface area contributed by atoms with Crippen molar-refractivity contribution in [2.75, 3.05) is 51.3 Å². The van der Waals surface area contributed by atoms with Gasteiger partial charge < -0.3 is 15.0 Å². The molecule has 0 spiro atoms. The molecule has 0 aliphatic carbocycles. The molecule has 2 aromatic carbocycles. The van der Waals surface area contributed by atoms with Crippen LogP contribution >= 0.6 is 48.0 Å². The van der Waals surface area contributed by atoms with Gasteiger partial charge in [-0.15, -0.1) is 24.8 Å². The second-order valence-electron chi connectivity index (χ2n) is 8.61. The number of piperazine rings is 1. The van der Waals surface area contributed by atoms with Gasteiger partial charge in [0.15, 0.2) is 0 Å². The van der Waals surface area contributed by atoms with Crippen LogP contribution < -0.4 is 15.0 Å². The van der Waals surface area contributed by atoms with Gasteiger partial charge in [-0.05, 0) is 51.1 Å². The normalized spacial score (nSPS) is 13.5. The molecule has 202 valence electrons. The summed E-state index contributed by atoms with van der Waals surface area (Å²) >= 11 is 12.5. The van der Waals surface area contributed by atoms with Crippen molar-refractivity contribution in [1.82, 2.24) is 19.8 Å². The van der Waals surface area contributed by atoms with Crippen molar-refractivity contribution >= 4 is 59.6 Å². The van der Waals surface area contributed by atoms with E-state index in [2.05, 4.69) is 20.1 Å². The maximum absolute atomic E-state index is 12.9. The highest BCUT2D eigenvalue weighted by Crippen LogP contribution is 2.33. The zero-order chi connectivity index (χ0) is 24.9. The number of amides is 1. The topological polar surface area (TPSA) is 62.6 Å². The van der Waals surface area contributed by atoms with E-state index in [-0.39, 0.29) is 30.7 Å². The fourth-order valence-electron chi connectivity index (χ4n) is 4.56. The summed E-state index contributed by atoms with van der Waals surface area (Å²) in [6.45, 7) is 9.00. The number of aryl methyl sites for hydroxylation is 1. The van der Waals surface area contributed by atoms with Gasteiger partial charge in [-0.25, -0.2) is 4.98 Å². The summed E-state index contributed by atoms with van der Waals surface area (Å²) in [6, 6.07) is 13.5. The van der Waals surface area contributed by atoms with E-state index in [1.54, 1.807) is 7.11 Å². The molecule has 1 N–H and O–H groups in total. The molecule has 0 unspecified atom stereocenters. The number of aromatic nitrogens is 2.